The van der Waals surface area contributed by atoms with Crippen molar-refractivity contribution in [2.24, 2.45) is 7.05 Å². The largest absolute Gasteiger partial charge is 0.390 e. The summed E-state index contributed by atoms with van der Waals surface area (Å²) in [4.78, 5) is 14.2. The van der Waals surface area contributed by atoms with Gasteiger partial charge in [0.2, 0.25) is 10.0 Å². The molecule has 118 valence electrons. The van der Waals surface area contributed by atoms with Gasteiger partial charge >= 0.3 is 0 Å². The van der Waals surface area contributed by atoms with Crippen molar-refractivity contribution in [2.45, 2.75) is 30.3 Å². The van der Waals surface area contributed by atoms with Gasteiger partial charge in [-0.2, -0.15) is 0 Å². The lowest BCUT2D eigenvalue weighted by Crippen LogP contribution is -2.45. The highest BCUT2D eigenvalue weighted by Crippen LogP contribution is 2.23. The molecule has 1 saturated heterocycles. The second kappa shape index (κ2) is 5.43. The number of sulfonamides is 1. The van der Waals surface area contributed by atoms with Crippen LogP contribution in [-0.4, -0.2) is 54.6 Å². The van der Waals surface area contributed by atoms with Crippen LogP contribution in [0, 0.1) is 0 Å². The Bertz CT molecular complexity index is 638. The van der Waals surface area contributed by atoms with Crippen molar-refractivity contribution >= 4 is 15.9 Å². The second-order valence-corrected chi connectivity index (χ2v) is 7.56. The fraction of sp³-hybridized carbons (Fsp3) is 0.615. The van der Waals surface area contributed by atoms with Crippen molar-refractivity contribution in [1.82, 2.24) is 14.2 Å². The lowest BCUT2D eigenvalue weighted by molar-refractivity contribution is -0.00228. The van der Waals surface area contributed by atoms with Gasteiger partial charge in [0.25, 0.3) is 5.91 Å². The van der Waals surface area contributed by atoms with Crippen LogP contribution in [0.3, 0.4) is 0 Å². The van der Waals surface area contributed by atoms with Gasteiger partial charge < -0.3 is 14.6 Å². The van der Waals surface area contributed by atoms with Crippen molar-refractivity contribution in [3.63, 3.8) is 0 Å². The van der Waals surface area contributed by atoms with E-state index in [1.54, 1.807) is 18.9 Å². The molecule has 1 amide bonds. The molecule has 1 aromatic heterocycles. The smallest absolute Gasteiger partial charge is 0.270 e. The minimum Gasteiger partial charge on any atom is -0.390 e. The molecule has 1 aliphatic rings. The van der Waals surface area contributed by atoms with Crippen molar-refractivity contribution in [3.8, 4) is 0 Å². The maximum atomic E-state index is 12.5. The summed E-state index contributed by atoms with van der Waals surface area (Å²) in [7, 11) is -0.593. The summed E-state index contributed by atoms with van der Waals surface area (Å²) in [6.45, 7) is 2.69. The fourth-order valence-corrected chi connectivity index (χ4v) is 3.16. The number of aliphatic hydroxyl groups is 1. The predicted octanol–water partition coefficient (Wildman–Crippen LogP) is -0.0798. The van der Waals surface area contributed by atoms with E-state index in [1.165, 1.54) is 23.9 Å². The summed E-state index contributed by atoms with van der Waals surface area (Å²) in [6.07, 6.45) is 2.45. The standard InChI is InChI=1S/C13H21N3O4S/c1-13(18)4-6-16(7-5-13)12(17)11-8-10(9-15(11)3)21(19,20)14-2/h8-9,14,18H,4-7H2,1-3H3. The number of amides is 1. The average Bonchev–Trinajstić information content (AvgIpc) is 2.81. The van der Waals surface area contributed by atoms with E-state index in [1.807, 2.05) is 0 Å². The number of carbonyl (C=O) groups excluding carboxylic acids is 1. The number of carbonyl (C=O) groups is 1. The third-order valence-electron chi connectivity index (χ3n) is 3.91. The van der Waals surface area contributed by atoms with Crippen LogP contribution in [0.5, 0.6) is 0 Å². The molecule has 1 aliphatic heterocycles. The summed E-state index contributed by atoms with van der Waals surface area (Å²) in [5, 5.41) is 9.91. The van der Waals surface area contributed by atoms with E-state index in [-0.39, 0.29) is 10.8 Å². The van der Waals surface area contributed by atoms with Gasteiger partial charge in [0.1, 0.15) is 10.6 Å². The quantitative estimate of drug-likeness (QED) is 0.816. The summed E-state index contributed by atoms with van der Waals surface area (Å²) < 4.78 is 27.3. The molecule has 1 fully saturated rings. The van der Waals surface area contributed by atoms with Gasteiger partial charge in [-0.3, -0.25) is 4.79 Å². The zero-order chi connectivity index (χ0) is 15.8. The normalized spacial score (nSPS) is 18.8. The molecular formula is C13H21N3O4S. The summed E-state index contributed by atoms with van der Waals surface area (Å²) in [5.41, 5.74) is -0.406. The predicted molar refractivity (Wildman–Crippen MR) is 77.4 cm³/mol. The SMILES string of the molecule is CNS(=O)(=O)c1cc(C(=O)N2CCC(C)(O)CC2)n(C)c1. The molecule has 2 rings (SSSR count). The van der Waals surface area contributed by atoms with Crippen molar-refractivity contribution in [2.75, 3.05) is 20.1 Å². The Kier molecular flexibility index (Phi) is 4.14. The number of piperidine rings is 1. The maximum Gasteiger partial charge on any atom is 0.270 e. The van der Waals surface area contributed by atoms with E-state index >= 15 is 0 Å². The van der Waals surface area contributed by atoms with E-state index in [0.29, 0.717) is 31.6 Å². The van der Waals surface area contributed by atoms with E-state index < -0.39 is 15.6 Å². The third kappa shape index (κ3) is 3.28. The van der Waals surface area contributed by atoms with Crippen LogP contribution in [0.25, 0.3) is 0 Å². The number of hydrogen-bond acceptors (Lipinski definition) is 4. The van der Waals surface area contributed by atoms with Gasteiger partial charge in [0.05, 0.1) is 5.60 Å². The number of nitrogens with one attached hydrogen (secondary N) is 1. The van der Waals surface area contributed by atoms with Gasteiger partial charge in [-0.15, -0.1) is 0 Å². The Balaban J connectivity index is 2.21. The highest BCUT2D eigenvalue weighted by molar-refractivity contribution is 7.89. The van der Waals surface area contributed by atoms with Gasteiger partial charge in [-0.1, -0.05) is 0 Å². The Morgan fingerprint density at radius 1 is 1.38 bits per heavy atom. The Hall–Kier alpha value is -1.38. The molecule has 0 saturated carbocycles. The number of nitrogens with zero attached hydrogens (tertiary/aromatic N) is 2. The van der Waals surface area contributed by atoms with Crippen LogP contribution in [-0.2, 0) is 17.1 Å². The minimum absolute atomic E-state index is 0.0693. The first kappa shape index (κ1) is 16.0. The summed E-state index contributed by atoms with van der Waals surface area (Å²) >= 11 is 0. The third-order valence-corrected chi connectivity index (χ3v) is 5.29. The van der Waals surface area contributed by atoms with Crippen LogP contribution in [0.15, 0.2) is 17.2 Å². The molecule has 8 heteroatoms. The van der Waals surface area contributed by atoms with Crippen molar-refractivity contribution in [3.05, 3.63) is 18.0 Å². The zero-order valence-electron chi connectivity index (χ0n) is 12.5. The highest BCUT2D eigenvalue weighted by Gasteiger charge is 2.31. The van der Waals surface area contributed by atoms with Gasteiger partial charge in [-0.05, 0) is 32.9 Å². The number of aryl methyl sites for hydroxylation is 1. The fourth-order valence-electron chi connectivity index (χ4n) is 2.37. The van der Waals surface area contributed by atoms with Crippen LogP contribution < -0.4 is 4.72 Å². The molecule has 0 aromatic carbocycles. The maximum absolute atomic E-state index is 12.5. The Labute approximate surface area is 124 Å². The topological polar surface area (TPSA) is 91.6 Å². The van der Waals surface area contributed by atoms with Crippen molar-refractivity contribution in [1.29, 1.82) is 0 Å². The summed E-state index contributed by atoms with van der Waals surface area (Å²) in [5.74, 6) is -0.217. The van der Waals surface area contributed by atoms with E-state index in [9.17, 15) is 18.3 Å². The molecule has 0 atom stereocenters. The van der Waals surface area contributed by atoms with E-state index in [2.05, 4.69) is 4.72 Å². The Morgan fingerprint density at radius 3 is 2.48 bits per heavy atom. The van der Waals surface area contributed by atoms with Crippen LogP contribution in [0.4, 0.5) is 0 Å². The molecule has 0 aliphatic carbocycles. The van der Waals surface area contributed by atoms with Gasteiger partial charge in [-0.25, -0.2) is 13.1 Å². The minimum atomic E-state index is -3.56. The van der Waals surface area contributed by atoms with Gasteiger partial charge in [0, 0.05) is 26.3 Å². The molecule has 2 N–H and O–H groups in total. The number of hydrogen-bond donors (Lipinski definition) is 2. The first-order valence-corrected chi connectivity index (χ1v) is 8.26. The van der Waals surface area contributed by atoms with E-state index in [4.69, 9.17) is 0 Å². The molecule has 1 aromatic rings. The van der Waals surface area contributed by atoms with Crippen LogP contribution in [0.1, 0.15) is 30.3 Å². The average molecular weight is 315 g/mol. The zero-order valence-corrected chi connectivity index (χ0v) is 13.3. The first-order chi connectivity index (χ1) is 9.66. The highest BCUT2D eigenvalue weighted by atomic mass is 32.2. The number of aromatic nitrogens is 1. The molecule has 0 radical (unpaired) electrons. The molecule has 0 unspecified atom stereocenters. The molecular weight excluding hydrogens is 294 g/mol. The monoisotopic (exact) mass is 315 g/mol. The lowest BCUT2D eigenvalue weighted by atomic mass is 9.94. The first-order valence-electron chi connectivity index (χ1n) is 6.78. The molecule has 0 bridgehead atoms. The van der Waals surface area contributed by atoms with Crippen LogP contribution in [0.2, 0.25) is 0 Å². The number of rotatable bonds is 3. The summed E-state index contributed by atoms with van der Waals surface area (Å²) in [6, 6.07) is 1.38. The Morgan fingerprint density at radius 2 is 1.95 bits per heavy atom. The molecule has 7 nitrogen and oxygen atoms in total. The van der Waals surface area contributed by atoms with Crippen molar-refractivity contribution < 1.29 is 18.3 Å². The second-order valence-electron chi connectivity index (χ2n) is 5.67. The van der Waals surface area contributed by atoms with Crippen LogP contribution >= 0.6 is 0 Å². The molecule has 0 spiro atoms. The molecule has 21 heavy (non-hydrogen) atoms. The van der Waals surface area contributed by atoms with E-state index in [0.717, 1.165) is 0 Å². The lowest BCUT2D eigenvalue weighted by Gasteiger charge is -2.35. The molecule has 2 heterocycles. The van der Waals surface area contributed by atoms with Gasteiger partial charge in [0.15, 0.2) is 0 Å². The number of likely N-dealkylation sites (tertiary alicyclic amines) is 1.